The molecule has 1 fully saturated rings. The number of nitrogens with two attached hydrogens (primary N) is 1. The van der Waals surface area contributed by atoms with Crippen molar-refractivity contribution in [2.75, 3.05) is 13.1 Å². The van der Waals surface area contributed by atoms with E-state index >= 15 is 0 Å². The highest BCUT2D eigenvalue weighted by Crippen LogP contribution is 2.38. The summed E-state index contributed by atoms with van der Waals surface area (Å²) in [6.45, 7) is 2.68. The molecule has 1 saturated heterocycles. The zero-order valence-electron chi connectivity index (χ0n) is 18.6. The third-order valence-electron chi connectivity index (χ3n) is 6.21. The van der Waals surface area contributed by atoms with Crippen LogP contribution in [0.25, 0.3) is 10.9 Å². The molecule has 2 aromatic carbocycles. The molecule has 9 nitrogen and oxygen atoms in total. The predicted octanol–water partition coefficient (Wildman–Crippen LogP) is 3.41. The van der Waals surface area contributed by atoms with Crippen LogP contribution >= 0.6 is 0 Å². The molecule has 5 N–H and O–H groups in total. The van der Waals surface area contributed by atoms with Gasteiger partial charge >= 0.3 is 0 Å². The van der Waals surface area contributed by atoms with Crippen molar-refractivity contribution in [3.8, 4) is 5.88 Å². The standard InChI is InChI=1S/C24H26FN5O4/c1-13(14-2-5-16(25)6-3-14)23(33)29-28-20-18-12-15(4-7-19(18)27-24(20)34)21(22(26)32)30-10-8-17(31)9-11-30/h2-7,12-13,17,21,27,31,34H,8-11H2,1H3,(H2,26,32). The number of hydrogen-bond acceptors (Lipinski definition) is 6. The van der Waals surface area contributed by atoms with Crippen LogP contribution in [0.5, 0.6) is 5.88 Å². The highest BCUT2D eigenvalue weighted by molar-refractivity contribution is 5.96. The fourth-order valence-corrected chi connectivity index (χ4v) is 4.23. The fraction of sp³-hybridized carbons (Fsp3) is 0.333. The van der Waals surface area contributed by atoms with Crippen LogP contribution in [-0.2, 0) is 9.59 Å². The maximum absolute atomic E-state index is 13.2. The fourth-order valence-electron chi connectivity index (χ4n) is 4.23. The Morgan fingerprint density at radius 3 is 2.44 bits per heavy atom. The number of piperidine rings is 1. The van der Waals surface area contributed by atoms with E-state index in [-0.39, 0.29) is 11.6 Å². The van der Waals surface area contributed by atoms with Crippen molar-refractivity contribution in [1.29, 1.82) is 0 Å². The van der Waals surface area contributed by atoms with Crippen LogP contribution in [0.4, 0.5) is 10.1 Å². The lowest BCUT2D eigenvalue weighted by atomic mass is 9.99. The van der Waals surface area contributed by atoms with Gasteiger partial charge in [0.25, 0.3) is 5.91 Å². The van der Waals surface area contributed by atoms with Gasteiger partial charge in [-0.05, 0) is 55.2 Å². The molecule has 0 aliphatic carbocycles. The van der Waals surface area contributed by atoms with Gasteiger partial charge in [-0.15, -0.1) is 10.2 Å². The molecule has 2 amide bonds. The summed E-state index contributed by atoms with van der Waals surface area (Å²) in [7, 11) is 0. The molecule has 1 aliphatic rings. The number of likely N-dealkylation sites (tertiary alicyclic amines) is 1. The molecule has 10 heteroatoms. The van der Waals surface area contributed by atoms with Crippen LogP contribution in [-0.4, -0.2) is 51.1 Å². The molecule has 0 saturated carbocycles. The van der Waals surface area contributed by atoms with E-state index in [1.807, 2.05) is 4.90 Å². The molecule has 1 aliphatic heterocycles. The Bertz CT molecular complexity index is 1230. The number of aromatic amines is 1. The minimum Gasteiger partial charge on any atom is -0.493 e. The minimum atomic E-state index is -0.709. The number of nitrogens with zero attached hydrogens (tertiary/aromatic N) is 3. The Labute approximate surface area is 195 Å². The smallest absolute Gasteiger partial charge is 0.271 e. The first-order chi connectivity index (χ1) is 16.2. The summed E-state index contributed by atoms with van der Waals surface area (Å²) in [5.41, 5.74) is 7.52. The zero-order chi connectivity index (χ0) is 24.4. The number of aliphatic hydroxyl groups is 1. The summed E-state index contributed by atoms with van der Waals surface area (Å²) >= 11 is 0. The van der Waals surface area contributed by atoms with Crippen molar-refractivity contribution in [3.63, 3.8) is 0 Å². The van der Waals surface area contributed by atoms with Crippen molar-refractivity contribution >= 4 is 28.4 Å². The van der Waals surface area contributed by atoms with Crippen molar-refractivity contribution in [2.45, 2.75) is 37.8 Å². The lowest BCUT2D eigenvalue weighted by molar-refractivity contribution is -0.124. The largest absolute Gasteiger partial charge is 0.493 e. The van der Waals surface area contributed by atoms with Crippen LogP contribution in [0.2, 0.25) is 0 Å². The van der Waals surface area contributed by atoms with Gasteiger partial charge in [0.15, 0.2) is 5.69 Å². The summed E-state index contributed by atoms with van der Waals surface area (Å²) in [4.78, 5) is 29.5. The average molecular weight is 468 g/mol. The first-order valence-corrected chi connectivity index (χ1v) is 11.0. The molecule has 34 heavy (non-hydrogen) atoms. The van der Waals surface area contributed by atoms with Crippen LogP contribution in [0, 0.1) is 5.82 Å². The van der Waals surface area contributed by atoms with E-state index in [4.69, 9.17) is 5.73 Å². The number of aliphatic hydroxyl groups excluding tert-OH is 1. The number of amides is 2. The molecule has 2 unspecified atom stereocenters. The quantitative estimate of drug-likeness (QED) is 0.411. The number of aromatic hydroxyl groups is 1. The van der Waals surface area contributed by atoms with Crippen LogP contribution in [0.1, 0.15) is 42.9 Å². The Morgan fingerprint density at radius 2 is 1.79 bits per heavy atom. The molecule has 2 atom stereocenters. The Kier molecular flexibility index (Phi) is 6.71. The number of rotatable bonds is 6. The summed E-state index contributed by atoms with van der Waals surface area (Å²) in [6.07, 6.45) is 0.700. The normalized spacial score (nSPS) is 17.3. The number of primary amides is 1. The molecule has 178 valence electrons. The summed E-state index contributed by atoms with van der Waals surface area (Å²) < 4.78 is 13.2. The number of azo groups is 1. The average Bonchev–Trinajstić information content (AvgIpc) is 3.13. The molecular formula is C24H26FN5O4. The lowest BCUT2D eigenvalue weighted by Gasteiger charge is -2.34. The topological polar surface area (TPSA) is 144 Å². The number of carbonyl (C=O) groups excluding carboxylic acids is 2. The van der Waals surface area contributed by atoms with Gasteiger partial charge in [0.2, 0.25) is 11.8 Å². The number of hydrogen-bond donors (Lipinski definition) is 4. The third kappa shape index (κ3) is 4.82. The second-order valence-corrected chi connectivity index (χ2v) is 8.51. The van der Waals surface area contributed by atoms with Gasteiger partial charge in [-0.25, -0.2) is 4.39 Å². The van der Waals surface area contributed by atoms with Crippen LogP contribution in [0.15, 0.2) is 52.7 Å². The first-order valence-electron chi connectivity index (χ1n) is 11.0. The summed E-state index contributed by atoms with van der Waals surface area (Å²) in [6, 6.07) is 9.96. The van der Waals surface area contributed by atoms with E-state index in [0.717, 1.165) is 0 Å². The third-order valence-corrected chi connectivity index (χ3v) is 6.21. The minimum absolute atomic E-state index is 0.0637. The number of aromatic nitrogens is 1. The molecular weight excluding hydrogens is 441 g/mol. The number of halogens is 1. The lowest BCUT2D eigenvalue weighted by Crippen LogP contribution is -2.43. The Hall–Kier alpha value is -3.63. The van der Waals surface area contributed by atoms with Crippen molar-refractivity contribution < 1.29 is 24.2 Å². The Morgan fingerprint density at radius 1 is 1.15 bits per heavy atom. The van der Waals surface area contributed by atoms with E-state index in [1.165, 1.54) is 24.3 Å². The van der Waals surface area contributed by atoms with Gasteiger partial charge in [0.1, 0.15) is 11.9 Å². The van der Waals surface area contributed by atoms with Crippen molar-refractivity contribution in [2.24, 2.45) is 16.0 Å². The maximum atomic E-state index is 13.2. The molecule has 4 rings (SSSR count). The monoisotopic (exact) mass is 467 g/mol. The SMILES string of the molecule is CC(C(=O)N=Nc1c(O)[nH]c2ccc(C(C(N)=O)N3CCC(O)CC3)cc12)c1ccc(F)cc1. The first kappa shape index (κ1) is 23.5. The molecule has 1 aromatic heterocycles. The molecule has 0 bridgehead atoms. The molecule has 2 heterocycles. The molecule has 3 aromatic rings. The van der Waals surface area contributed by atoms with E-state index < -0.39 is 35.7 Å². The van der Waals surface area contributed by atoms with Gasteiger partial charge in [-0.1, -0.05) is 18.2 Å². The van der Waals surface area contributed by atoms with Crippen LogP contribution < -0.4 is 5.73 Å². The number of benzene rings is 2. The maximum Gasteiger partial charge on any atom is 0.271 e. The number of nitrogens with one attached hydrogen (secondary N) is 1. The summed E-state index contributed by atoms with van der Waals surface area (Å²) in [5, 5.41) is 28.4. The molecule has 0 radical (unpaired) electrons. The van der Waals surface area contributed by atoms with E-state index in [0.29, 0.717) is 48.0 Å². The highest BCUT2D eigenvalue weighted by Gasteiger charge is 2.30. The van der Waals surface area contributed by atoms with Gasteiger partial charge in [-0.3, -0.25) is 14.5 Å². The second kappa shape index (κ2) is 9.70. The van der Waals surface area contributed by atoms with Gasteiger partial charge < -0.3 is 20.9 Å². The van der Waals surface area contributed by atoms with E-state index in [2.05, 4.69) is 15.2 Å². The van der Waals surface area contributed by atoms with Crippen molar-refractivity contribution in [3.05, 3.63) is 59.4 Å². The van der Waals surface area contributed by atoms with Crippen molar-refractivity contribution in [1.82, 2.24) is 9.88 Å². The summed E-state index contributed by atoms with van der Waals surface area (Å²) in [5.74, 6) is -2.41. The molecule has 0 spiro atoms. The highest BCUT2D eigenvalue weighted by atomic mass is 19.1. The number of fused-ring (bicyclic) bond motifs is 1. The Balaban J connectivity index is 1.62. The van der Waals surface area contributed by atoms with Gasteiger partial charge in [-0.2, -0.15) is 0 Å². The predicted molar refractivity (Wildman–Crippen MR) is 123 cm³/mol. The van der Waals surface area contributed by atoms with E-state index in [9.17, 15) is 24.2 Å². The van der Waals surface area contributed by atoms with Gasteiger partial charge in [0.05, 0.1) is 17.5 Å². The zero-order valence-corrected chi connectivity index (χ0v) is 18.6. The number of H-pyrrole nitrogens is 1. The number of carbonyl (C=O) groups is 2. The van der Waals surface area contributed by atoms with Gasteiger partial charge in [0, 0.05) is 18.5 Å². The van der Waals surface area contributed by atoms with E-state index in [1.54, 1.807) is 25.1 Å². The van der Waals surface area contributed by atoms with Crippen LogP contribution in [0.3, 0.4) is 0 Å². The second-order valence-electron chi connectivity index (χ2n) is 8.51.